The molecule has 3 amide bonds. The number of hydrogen-bond donors (Lipinski definition) is 1. The first kappa shape index (κ1) is 26.6. The van der Waals surface area contributed by atoms with E-state index in [1.165, 1.54) is 48.7 Å². The Hall–Kier alpha value is -5.00. The van der Waals surface area contributed by atoms with Crippen LogP contribution in [-0.4, -0.2) is 75.7 Å². The second-order valence-electron chi connectivity index (χ2n) is 9.16. The SMILES string of the molecule is COc1cccc(OC)c1-c1cccc(C(=O)OC2CCCCN3C(=O)C=C(c4ccncn4)N(C(N)=O)C23)n1. The van der Waals surface area contributed by atoms with Gasteiger partial charge in [0, 0.05) is 18.8 Å². The van der Waals surface area contributed by atoms with Gasteiger partial charge in [0.25, 0.3) is 5.91 Å². The maximum absolute atomic E-state index is 13.5. The molecular formula is C28H28N6O6. The van der Waals surface area contributed by atoms with E-state index >= 15 is 0 Å². The molecule has 2 unspecified atom stereocenters. The number of nitrogens with two attached hydrogens (primary N) is 1. The molecule has 2 atom stereocenters. The van der Waals surface area contributed by atoms with Crippen molar-refractivity contribution < 1.29 is 28.6 Å². The topological polar surface area (TPSA) is 150 Å². The lowest BCUT2D eigenvalue weighted by Crippen LogP contribution is -2.61. The molecule has 2 aliphatic rings. The molecule has 206 valence electrons. The summed E-state index contributed by atoms with van der Waals surface area (Å²) in [4.78, 5) is 54.9. The Morgan fingerprint density at radius 1 is 1.00 bits per heavy atom. The van der Waals surface area contributed by atoms with Gasteiger partial charge in [-0.05, 0) is 49.6 Å². The zero-order valence-electron chi connectivity index (χ0n) is 22.0. The van der Waals surface area contributed by atoms with E-state index in [2.05, 4.69) is 15.0 Å². The number of aromatic nitrogens is 3. The summed E-state index contributed by atoms with van der Waals surface area (Å²) >= 11 is 0. The van der Waals surface area contributed by atoms with Crippen molar-refractivity contribution in [3.8, 4) is 22.8 Å². The molecule has 1 fully saturated rings. The van der Waals surface area contributed by atoms with Crippen molar-refractivity contribution in [2.24, 2.45) is 5.73 Å². The zero-order valence-corrected chi connectivity index (χ0v) is 22.0. The number of ether oxygens (including phenoxy) is 3. The van der Waals surface area contributed by atoms with Gasteiger partial charge in [-0.25, -0.2) is 24.5 Å². The van der Waals surface area contributed by atoms with Crippen LogP contribution < -0.4 is 15.2 Å². The van der Waals surface area contributed by atoms with Crippen molar-refractivity contribution in [3.05, 3.63) is 72.5 Å². The van der Waals surface area contributed by atoms with Crippen LogP contribution in [-0.2, 0) is 9.53 Å². The Balaban J connectivity index is 1.49. The molecule has 0 radical (unpaired) electrons. The Kier molecular flexibility index (Phi) is 7.58. The van der Waals surface area contributed by atoms with Gasteiger partial charge in [0.15, 0.2) is 6.17 Å². The standard InChI is InChI=1S/C28H28N6O6/c1-38-21-10-6-11-22(39-2)25(21)18-7-5-8-19(32-18)27(36)40-23-9-3-4-14-33-24(35)15-20(17-12-13-30-16-31-17)34(26(23)33)28(29)37/h5-8,10-13,15-16,23,26H,3-4,9,14H2,1-2H3,(H2,29,37). The number of esters is 1. The Labute approximate surface area is 230 Å². The van der Waals surface area contributed by atoms with Gasteiger partial charge in [-0.1, -0.05) is 12.1 Å². The normalized spacial score (nSPS) is 18.8. The third-order valence-corrected chi connectivity index (χ3v) is 6.84. The number of fused-ring (bicyclic) bond motifs is 1. The van der Waals surface area contributed by atoms with E-state index in [1.807, 2.05) is 0 Å². The molecule has 2 aromatic heterocycles. The van der Waals surface area contributed by atoms with Crippen LogP contribution in [0.25, 0.3) is 17.0 Å². The molecule has 12 nitrogen and oxygen atoms in total. The van der Waals surface area contributed by atoms with Crippen molar-refractivity contribution in [2.45, 2.75) is 31.5 Å². The third kappa shape index (κ3) is 5.03. The van der Waals surface area contributed by atoms with E-state index in [-0.39, 0.29) is 17.3 Å². The number of hydrogen-bond acceptors (Lipinski definition) is 9. The van der Waals surface area contributed by atoms with Gasteiger partial charge in [0.1, 0.15) is 29.6 Å². The predicted molar refractivity (Wildman–Crippen MR) is 143 cm³/mol. The molecule has 1 aromatic carbocycles. The smallest absolute Gasteiger partial charge is 0.357 e. The summed E-state index contributed by atoms with van der Waals surface area (Å²) in [5, 5.41) is 0. The molecule has 2 aliphatic heterocycles. The minimum absolute atomic E-state index is 0.0422. The van der Waals surface area contributed by atoms with E-state index in [4.69, 9.17) is 19.9 Å². The van der Waals surface area contributed by atoms with Gasteiger partial charge in [-0.3, -0.25) is 9.69 Å². The molecule has 1 saturated heterocycles. The fraction of sp³-hybridized carbons (Fsp3) is 0.286. The fourth-order valence-corrected chi connectivity index (χ4v) is 5.07. The Morgan fingerprint density at radius 3 is 2.42 bits per heavy atom. The summed E-state index contributed by atoms with van der Waals surface area (Å²) in [5.41, 5.74) is 7.47. The quantitative estimate of drug-likeness (QED) is 0.462. The van der Waals surface area contributed by atoms with Crippen molar-refractivity contribution in [2.75, 3.05) is 20.8 Å². The molecule has 0 saturated carbocycles. The van der Waals surface area contributed by atoms with Crippen LogP contribution in [0.2, 0.25) is 0 Å². The number of carbonyl (C=O) groups is 3. The third-order valence-electron chi connectivity index (χ3n) is 6.84. The average molecular weight is 545 g/mol. The number of pyridine rings is 1. The van der Waals surface area contributed by atoms with E-state index in [9.17, 15) is 14.4 Å². The second-order valence-corrected chi connectivity index (χ2v) is 9.16. The number of urea groups is 1. The van der Waals surface area contributed by atoms with Gasteiger partial charge in [-0.15, -0.1) is 0 Å². The van der Waals surface area contributed by atoms with Crippen LogP contribution in [0.4, 0.5) is 4.79 Å². The summed E-state index contributed by atoms with van der Waals surface area (Å²) in [7, 11) is 3.07. The van der Waals surface area contributed by atoms with Crippen molar-refractivity contribution in [1.29, 1.82) is 0 Å². The lowest BCUT2D eigenvalue weighted by molar-refractivity contribution is -0.135. The fourth-order valence-electron chi connectivity index (χ4n) is 5.07. The van der Waals surface area contributed by atoms with Gasteiger partial charge < -0.3 is 24.8 Å². The van der Waals surface area contributed by atoms with E-state index in [0.717, 1.165) is 0 Å². The lowest BCUT2D eigenvalue weighted by Gasteiger charge is -2.44. The highest BCUT2D eigenvalue weighted by Gasteiger charge is 2.45. The van der Waals surface area contributed by atoms with Crippen LogP contribution in [0, 0.1) is 0 Å². The van der Waals surface area contributed by atoms with Crippen molar-refractivity contribution >= 4 is 23.6 Å². The van der Waals surface area contributed by atoms with Gasteiger partial charge in [-0.2, -0.15) is 0 Å². The first-order chi connectivity index (χ1) is 19.4. The Morgan fingerprint density at radius 2 is 1.75 bits per heavy atom. The second kappa shape index (κ2) is 11.4. The highest BCUT2D eigenvalue weighted by molar-refractivity contribution is 6.00. The minimum atomic E-state index is -0.955. The van der Waals surface area contributed by atoms with Crippen LogP contribution in [0.5, 0.6) is 11.5 Å². The molecule has 0 spiro atoms. The number of methoxy groups -OCH3 is 2. The van der Waals surface area contributed by atoms with Crippen LogP contribution in [0.15, 0.2) is 61.1 Å². The molecule has 3 aromatic rings. The summed E-state index contributed by atoms with van der Waals surface area (Å²) in [6, 6.07) is 11.0. The molecule has 12 heteroatoms. The summed E-state index contributed by atoms with van der Waals surface area (Å²) in [5.74, 6) is 0.0114. The van der Waals surface area contributed by atoms with E-state index in [0.29, 0.717) is 54.3 Å². The number of nitrogens with zero attached hydrogens (tertiary/aromatic N) is 5. The van der Waals surface area contributed by atoms with Crippen LogP contribution in [0.1, 0.15) is 35.4 Å². The van der Waals surface area contributed by atoms with E-state index in [1.54, 1.807) is 36.4 Å². The highest BCUT2D eigenvalue weighted by atomic mass is 16.5. The molecule has 40 heavy (non-hydrogen) atoms. The molecule has 2 N–H and O–H groups in total. The maximum atomic E-state index is 13.5. The minimum Gasteiger partial charge on any atom is -0.496 e. The summed E-state index contributed by atoms with van der Waals surface area (Å²) < 4.78 is 17.0. The number of carbonyl (C=O) groups excluding carboxylic acids is 3. The number of benzene rings is 1. The average Bonchev–Trinajstić information content (AvgIpc) is 3.19. The van der Waals surface area contributed by atoms with E-state index < -0.39 is 24.3 Å². The van der Waals surface area contributed by atoms with Gasteiger partial charge in [0.2, 0.25) is 0 Å². The van der Waals surface area contributed by atoms with Crippen molar-refractivity contribution in [3.63, 3.8) is 0 Å². The lowest BCUT2D eigenvalue weighted by atomic mass is 10.1. The van der Waals surface area contributed by atoms with Crippen LogP contribution >= 0.6 is 0 Å². The molecular weight excluding hydrogens is 516 g/mol. The zero-order chi connectivity index (χ0) is 28.2. The first-order valence-corrected chi connectivity index (χ1v) is 12.7. The molecule has 0 bridgehead atoms. The van der Waals surface area contributed by atoms with Gasteiger partial charge in [0.05, 0.1) is 36.9 Å². The van der Waals surface area contributed by atoms with Crippen LogP contribution in [0.3, 0.4) is 0 Å². The largest absolute Gasteiger partial charge is 0.496 e. The molecule has 5 rings (SSSR count). The number of rotatable bonds is 6. The summed E-state index contributed by atoms with van der Waals surface area (Å²) in [6.07, 6.45) is 4.04. The maximum Gasteiger partial charge on any atom is 0.357 e. The first-order valence-electron chi connectivity index (χ1n) is 12.7. The Bertz CT molecular complexity index is 1440. The molecule has 0 aliphatic carbocycles. The van der Waals surface area contributed by atoms with Crippen molar-refractivity contribution in [1.82, 2.24) is 24.8 Å². The van der Waals surface area contributed by atoms with Gasteiger partial charge >= 0.3 is 12.0 Å². The summed E-state index contributed by atoms with van der Waals surface area (Å²) in [6.45, 7) is 0.371. The number of primary amides is 1. The number of amides is 3. The predicted octanol–water partition coefficient (Wildman–Crippen LogP) is 2.86. The highest BCUT2D eigenvalue weighted by Crippen LogP contribution is 2.37. The molecule has 4 heterocycles. The monoisotopic (exact) mass is 544 g/mol.